The molecule has 5 aromatic rings. The number of ether oxygens (including phenoxy) is 2. The standard InChI is InChI=1S/C35H43N9O5S/c1-4-6-18-49-33-40-30(36)29-31(41-33)44(34(47)39-29)27-21-42(16-17-43(27)35-38-24-10-7-8-11-26(24)50-35)25(9-5-2)32(46)37-20-23-14-12-22(13-15-23)19-28(45)48-3/h7-8,10-15,25,27H,4-6,9,16-21H2,1-3H3,(H,37,46)(H,39,47)(H2,36,40,41). The fourth-order valence-electron chi connectivity index (χ4n) is 6.22. The van der Waals surface area contributed by atoms with E-state index in [4.69, 9.17) is 20.2 Å². The molecule has 264 valence electrons. The molecule has 14 nitrogen and oxygen atoms in total. The highest BCUT2D eigenvalue weighted by atomic mass is 32.1. The second-order valence-corrected chi connectivity index (χ2v) is 13.3. The van der Waals surface area contributed by atoms with E-state index in [2.05, 4.69) is 43.9 Å². The van der Waals surface area contributed by atoms with Crippen LogP contribution in [0, 0.1) is 0 Å². The van der Waals surface area contributed by atoms with Gasteiger partial charge in [0.05, 0.1) is 36.4 Å². The quantitative estimate of drug-likeness (QED) is 0.113. The number of thiazole rings is 1. The normalized spacial score (nSPS) is 15.7. The van der Waals surface area contributed by atoms with Crippen LogP contribution in [0.15, 0.2) is 53.3 Å². The van der Waals surface area contributed by atoms with E-state index in [1.54, 1.807) is 15.9 Å². The van der Waals surface area contributed by atoms with Crippen molar-refractivity contribution in [1.29, 1.82) is 0 Å². The highest BCUT2D eigenvalue weighted by molar-refractivity contribution is 7.22. The molecule has 3 aromatic heterocycles. The van der Waals surface area contributed by atoms with E-state index in [0.717, 1.165) is 45.7 Å². The number of H-pyrrole nitrogens is 1. The smallest absolute Gasteiger partial charge is 0.329 e. The van der Waals surface area contributed by atoms with Gasteiger partial charge < -0.3 is 30.4 Å². The summed E-state index contributed by atoms with van der Waals surface area (Å²) >= 11 is 1.56. The number of aromatic amines is 1. The van der Waals surface area contributed by atoms with Crippen LogP contribution < -0.4 is 26.4 Å². The first kappa shape index (κ1) is 34.8. The number of esters is 1. The van der Waals surface area contributed by atoms with Crippen molar-refractivity contribution in [1.82, 2.24) is 34.7 Å². The Morgan fingerprint density at radius 2 is 1.84 bits per heavy atom. The lowest BCUT2D eigenvalue weighted by atomic mass is 10.1. The number of rotatable bonds is 14. The third-order valence-electron chi connectivity index (χ3n) is 8.89. The molecule has 0 aliphatic carbocycles. The summed E-state index contributed by atoms with van der Waals surface area (Å²) in [5.74, 6) is -0.276. The summed E-state index contributed by atoms with van der Waals surface area (Å²) in [6.45, 7) is 6.32. The number of carbonyl (C=O) groups excluding carboxylic acids is 2. The maximum Gasteiger partial charge on any atom is 0.329 e. The first-order chi connectivity index (χ1) is 24.3. The molecule has 1 saturated heterocycles. The van der Waals surface area contributed by atoms with Gasteiger partial charge in [0.25, 0.3) is 0 Å². The number of nitrogens with two attached hydrogens (primary N) is 1. The maximum absolute atomic E-state index is 13.8. The van der Waals surface area contributed by atoms with Crippen LogP contribution in [0.2, 0.25) is 0 Å². The molecule has 4 heterocycles. The molecule has 1 amide bonds. The predicted octanol–water partition coefficient (Wildman–Crippen LogP) is 4.01. The number of nitrogens with zero attached hydrogens (tertiary/aromatic N) is 6. The van der Waals surface area contributed by atoms with Gasteiger partial charge in [0, 0.05) is 26.2 Å². The monoisotopic (exact) mass is 701 g/mol. The van der Waals surface area contributed by atoms with Gasteiger partial charge in [0.2, 0.25) is 5.91 Å². The van der Waals surface area contributed by atoms with E-state index in [1.807, 2.05) is 48.5 Å². The molecule has 2 aromatic carbocycles. The van der Waals surface area contributed by atoms with Gasteiger partial charge in [-0.2, -0.15) is 9.97 Å². The van der Waals surface area contributed by atoms with Gasteiger partial charge in [-0.1, -0.05) is 74.4 Å². The molecule has 1 aliphatic rings. The Kier molecular flexibility index (Phi) is 10.9. The van der Waals surface area contributed by atoms with Crippen LogP contribution in [0.25, 0.3) is 21.4 Å². The third-order valence-corrected chi connectivity index (χ3v) is 9.96. The zero-order valence-corrected chi connectivity index (χ0v) is 29.4. The van der Waals surface area contributed by atoms with Crippen LogP contribution in [0.3, 0.4) is 0 Å². The number of aromatic nitrogens is 5. The maximum atomic E-state index is 13.8. The summed E-state index contributed by atoms with van der Waals surface area (Å²) in [5.41, 5.74) is 9.22. The Morgan fingerprint density at radius 1 is 1.06 bits per heavy atom. The lowest BCUT2D eigenvalue weighted by molar-refractivity contribution is -0.139. The molecule has 2 unspecified atom stereocenters. The van der Waals surface area contributed by atoms with Gasteiger partial charge in [-0.25, -0.2) is 9.78 Å². The molecule has 0 saturated carbocycles. The highest BCUT2D eigenvalue weighted by Gasteiger charge is 2.37. The summed E-state index contributed by atoms with van der Waals surface area (Å²) in [7, 11) is 1.37. The number of imidazole rings is 1. The summed E-state index contributed by atoms with van der Waals surface area (Å²) in [4.78, 5) is 60.3. The highest BCUT2D eigenvalue weighted by Crippen LogP contribution is 2.35. The number of para-hydroxylation sites is 1. The fourth-order valence-corrected chi connectivity index (χ4v) is 7.26. The summed E-state index contributed by atoms with van der Waals surface area (Å²) < 4.78 is 13.2. The molecule has 2 atom stereocenters. The van der Waals surface area contributed by atoms with Gasteiger partial charge in [0.1, 0.15) is 11.7 Å². The summed E-state index contributed by atoms with van der Waals surface area (Å²) in [5, 5.41) is 3.89. The topological polar surface area (TPSA) is 174 Å². The number of anilines is 2. The Labute approximate surface area is 293 Å². The number of methoxy groups -OCH3 is 1. The van der Waals surface area contributed by atoms with E-state index in [9.17, 15) is 14.4 Å². The Bertz CT molecular complexity index is 1970. The van der Waals surface area contributed by atoms with Gasteiger partial charge in [-0.3, -0.25) is 19.1 Å². The van der Waals surface area contributed by atoms with E-state index in [1.165, 1.54) is 7.11 Å². The van der Waals surface area contributed by atoms with Gasteiger partial charge in [-0.15, -0.1) is 0 Å². The number of nitrogen functional groups attached to an aromatic ring is 1. The van der Waals surface area contributed by atoms with Gasteiger partial charge in [-0.05, 0) is 36.1 Å². The van der Waals surface area contributed by atoms with E-state index in [-0.39, 0.29) is 30.1 Å². The van der Waals surface area contributed by atoms with E-state index >= 15 is 0 Å². The van der Waals surface area contributed by atoms with Crippen molar-refractivity contribution in [3.8, 4) is 6.01 Å². The van der Waals surface area contributed by atoms with Crippen LogP contribution in [-0.4, -0.2) is 80.7 Å². The molecule has 1 aliphatic heterocycles. The van der Waals surface area contributed by atoms with Crippen LogP contribution >= 0.6 is 11.3 Å². The minimum Gasteiger partial charge on any atom is -0.469 e. The van der Waals surface area contributed by atoms with E-state index < -0.39 is 17.9 Å². The van der Waals surface area contributed by atoms with Crippen molar-refractivity contribution in [2.24, 2.45) is 0 Å². The molecular formula is C35H43N9O5S. The number of unbranched alkanes of at least 4 members (excludes halogenated alkanes) is 1. The van der Waals surface area contributed by atoms with Crippen LogP contribution in [-0.2, 0) is 27.3 Å². The Hall–Kier alpha value is -5.02. The zero-order valence-electron chi connectivity index (χ0n) is 28.6. The average molecular weight is 702 g/mol. The second-order valence-electron chi connectivity index (χ2n) is 12.3. The van der Waals surface area contributed by atoms with Crippen LogP contribution in [0.4, 0.5) is 10.9 Å². The second kappa shape index (κ2) is 15.7. The number of nitrogens with one attached hydrogen (secondary N) is 2. The first-order valence-electron chi connectivity index (χ1n) is 17.0. The summed E-state index contributed by atoms with van der Waals surface area (Å²) in [6.07, 6.45) is 2.81. The molecule has 1 fully saturated rings. The fraction of sp³-hybridized carbons (Fsp3) is 0.429. The predicted molar refractivity (Wildman–Crippen MR) is 193 cm³/mol. The molecule has 0 radical (unpaired) electrons. The number of piperazine rings is 1. The van der Waals surface area contributed by atoms with Crippen molar-refractivity contribution in [2.45, 2.75) is 64.7 Å². The van der Waals surface area contributed by atoms with Crippen molar-refractivity contribution >= 4 is 55.5 Å². The molecule has 6 rings (SSSR count). The Morgan fingerprint density at radius 3 is 2.58 bits per heavy atom. The van der Waals surface area contributed by atoms with Crippen molar-refractivity contribution < 1.29 is 19.1 Å². The number of hydrogen-bond donors (Lipinski definition) is 3. The SMILES string of the molecule is CCCCOc1nc(N)c2[nH]c(=O)n(C3CN(C(CCC)C(=O)NCc4ccc(CC(=O)OC)cc4)CCN3c3nc4ccccc4s3)c2n1. The number of hydrogen-bond acceptors (Lipinski definition) is 12. The molecule has 0 spiro atoms. The molecular weight excluding hydrogens is 659 g/mol. The Balaban J connectivity index is 1.30. The third kappa shape index (κ3) is 7.58. The molecule has 15 heteroatoms. The lowest BCUT2D eigenvalue weighted by Gasteiger charge is -2.44. The van der Waals surface area contributed by atoms with Crippen molar-refractivity contribution in [3.05, 3.63) is 70.1 Å². The van der Waals surface area contributed by atoms with Crippen molar-refractivity contribution in [2.75, 3.05) is 44.0 Å². The van der Waals surface area contributed by atoms with Gasteiger partial charge >= 0.3 is 17.7 Å². The number of benzene rings is 2. The molecule has 0 bridgehead atoms. The van der Waals surface area contributed by atoms with Crippen LogP contribution in [0.1, 0.15) is 56.8 Å². The van der Waals surface area contributed by atoms with Gasteiger partial charge in [0.15, 0.2) is 16.6 Å². The minimum atomic E-state index is -0.571. The minimum absolute atomic E-state index is 0.0953. The number of amides is 1. The van der Waals surface area contributed by atoms with Crippen LogP contribution in [0.5, 0.6) is 6.01 Å². The largest absolute Gasteiger partial charge is 0.469 e. The molecule has 4 N–H and O–H groups in total. The lowest BCUT2D eigenvalue weighted by Crippen LogP contribution is -2.58. The zero-order chi connectivity index (χ0) is 35.2. The number of carbonyl (C=O) groups is 2. The van der Waals surface area contributed by atoms with Crippen molar-refractivity contribution in [3.63, 3.8) is 0 Å². The first-order valence-corrected chi connectivity index (χ1v) is 17.8. The molecule has 50 heavy (non-hydrogen) atoms. The average Bonchev–Trinajstić information content (AvgIpc) is 3.71. The number of fused-ring (bicyclic) bond motifs is 2. The summed E-state index contributed by atoms with van der Waals surface area (Å²) in [6, 6.07) is 15.1. The van der Waals surface area contributed by atoms with E-state index in [0.29, 0.717) is 50.4 Å².